The Hall–Kier alpha value is -4.46. The summed E-state index contributed by atoms with van der Waals surface area (Å²) in [5.74, 6) is -0.266. The van der Waals surface area contributed by atoms with E-state index in [1.165, 1.54) is 20.3 Å². The van der Waals surface area contributed by atoms with E-state index in [-0.39, 0.29) is 22.8 Å². The molecular formula is C26H21NO7. The molecule has 0 fully saturated rings. The van der Waals surface area contributed by atoms with Crippen molar-refractivity contribution in [2.45, 2.75) is 12.0 Å². The van der Waals surface area contributed by atoms with Gasteiger partial charge in [-0.25, -0.2) is 4.79 Å². The van der Waals surface area contributed by atoms with Gasteiger partial charge in [0, 0.05) is 11.8 Å². The van der Waals surface area contributed by atoms with E-state index in [2.05, 4.69) is 5.32 Å². The first-order valence-electron chi connectivity index (χ1n) is 10.5. The van der Waals surface area contributed by atoms with Crippen LogP contribution >= 0.6 is 0 Å². The minimum Gasteiger partial charge on any atom is -0.504 e. The van der Waals surface area contributed by atoms with Crippen LogP contribution in [0.3, 0.4) is 0 Å². The number of carbonyl (C=O) groups excluding carboxylic acids is 1. The Labute approximate surface area is 194 Å². The maximum atomic E-state index is 13.4. The fourth-order valence-electron chi connectivity index (χ4n) is 4.24. The zero-order chi connectivity index (χ0) is 23.8. The number of phenols is 1. The van der Waals surface area contributed by atoms with E-state index in [4.69, 9.17) is 18.6 Å². The SMILES string of the molecule is COc1cccc(NC(=O)[C@H]2Oc3c(c(=O)oc4ccccc34)[C@@H]2c2ccc(OC)c(O)c2)c1. The second-order valence-corrected chi connectivity index (χ2v) is 7.80. The summed E-state index contributed by atoms with van der Waals surface area (Å²) >= 11 is 0. The normalized spacial score (nSPS) is 16.5. The number of hydrogen-bond donors (Lipinski definition) is 2. The molecular weight excluding hydrogens is 438 g/mol. The maximum Gasteiger partial charge on any atom is 0.344 e. The van der Waals surface area contributed by atoms with Gasteiger partial charge in [-0.2, -0.15) is 0 Å². The van der Waals surface area contributed by atoms with Gasteiger partial charge in [0.15, 0.2) is 17.6 Å². The number of methoxy groups -OCH3 is 2. The standard InChI is InChI=1S/C26H21NO7/c1-31-16-7-5-6-15(13-16)27-25(29)24-21(14-10-11-20(32-2)18(28)12-14)22-23(34-24)17-8-3-4-9-19(17)33-26(22)30/h3-13,21,24,28H,1-2H3,(H,27,29)/t21-,24-/m0/s1. The third-order valence-electron chi connectivity index (χ3n) is 5.82. The third kappa shape index (κ3) is 3.59. The summed E-state index contributed by atoms with van der Waals surface area (Å²) in [5, 5.41) is 13.8. The van der Waals surface area contributed by atoms with E-state index >= 15 is 0 Å². The number of rotatable bonds is 5. The average molecular weight is 459 g/mol. The molecule has 8 nitrogen and oxygen atoms in total. The number of carbonyl (C=O) groups is 1. The van der Waals surface area contributed by atoms with Crippen molar-refractivity contribution in [2.24, 2.45) is 0 Å². The molecule has 172 valence electrons. The van der Waals surface area contributed by atoms with Crippen molar-refractivity contribution in [3.05, 3.63) is 88.3 Å². The van der Waals surface area contributed by atoms with Crippen LogP contribution in [0.4, 0.5) is 5.69 Å². The average Bonchev–Trinajstić information content (AvgIpc) is 3.26. The van der Waals surface area contributed by atoms with E-state index in [9.17, 15) is 14.7 Å². The first kappa shape index (κ1) is 21.4. The minimum absolute atomic E-state index is 0.120. The largest absolute Gasteiger partial charge is 0.504 e. The predicted molar refractivity (Wildman–Crippen MR) is 125 cm³/mol. The molecule has 1 aromatic heterocycles. The zero-order valence-corrected chi connectivity index (χ0v) is 18.4. The number of para-hydroxylation sites is 1. The van der Waals surface area contributed by atoms with E-state index < -0.39 is 23.6 Å². The molecule has 4 aromatic rings. The maximum absolute atomic E-state index is 13.4. The van der Waals surface area contributed by atoms with Crippen LogP contribution < -0.4 is 25.2 Å². The van der Waals surface area contributed by atoms with Crippen molar-refractivity contribution in [3.8, 4) is 23.0 Å². The number of nitrogens with one attached hydrogen (secondary N) is 1. The molecule has 1 aliphatic rings. The number of fused-ring (bicyclic) bond motifs is 3. The molecule has 2 heterocycles. The van der Waals surface area contributed by atoms with Crippen molar-refractivity contribution in [3.63, 3.8) is 0 Å². The van der Waals surface area contributed by atoms with E-state index in [0.29, 0.717) is 28.0 Å². The molecule has 0 bridgehead atoms. The van der Waals surface area contributed by atoms with Crippen molar-refractivity contribution in [1.29, 1.82) is 0 Å². The molecule has 1 aliphatic heterocycles. The second-order valence-electron chi connectivity index (χ2n) is 7.80. The highest BCUT2D eigenvalue weighted by Gasteiger charge is 2.44. The molecule has 34 heavy (non-hydrogen) atoms. The van der Waals surface area contributed by atoms with Crippen LogP contribution in [0.25, 0.3) is 11.0 Å². The lowest BCUT2D eigenvalue weighted by atomic mass is 9.88. The number of aromatic hydroxyl groups is 1. The summed E-state index contributed by atoms with van der Waals surface area (Å²) in [7, 11) is 2.97. The summed E-state index contributed by atoms with van der Waals surface area (Å²) in [5.41, 5.74) is 0.985. The number of amides is 1. The Morgan fingerprint density at radius 2 is 1.82 bits per heavy atom. The van der Waals surface area contributed by atoms with Gasteiger partial charge in [-0.3, -0.25) is 4.79 Å². The number of anilines is 1. The van der Waals surface area contributed by atoms with Crippen molar-refractivity contribution in [1.82, 2.24) is 0 Å². The van der Waals surface area contributed by atoms with Gasteiger partial charge < -0.3 is 29.1 Å². The molecule has 0 spiro atoms. The molecule has 0 saturated carbocycles. The molecule has 2 atom stereocenters. The van der Waals surface area contributed by atoms with Gasteiger partial charge in [0.1, 0.15) is 17.1 Å². The number of ether oxygens (including phenoxy) is 3. The van der Waals surface area contributed by atoms with E-state index in [1.807, 2.05) is 0 Å². The number of benzene rings is 3. The van der Waals surface area contributed by atoms with Crippen LogP contribution in [0.5, 0.6) is 23.0 Å². The lowest BCUT2D eigenvalue weighted by molar-refractivity contribution is -0.122. The Morgan fingerprint density at radius 3 is 2.59 bits per heavy atom. The molecule has 0 saturated heterocycles. The second kappa shape index (κ2) is 8.47. The Balaban J connectivity index is 1.63. The van der Waals surface area contributed by atoms with Gasteiger partial charge in [-0.1, -0.05) is 24.3 Å². The molecule has 0 radical (unpaired) electrons. The van der Waals surface area contributed by atoms with Crippen molar-refractivity contribution < 1.29 is 28.5 Å². The summed E-state index contributed by atoms with van der Waals surface area (Å²) in [6.07, 6.45) is -1.09. The van der Waals surface area contributed by atoms with Crippen molar-refractivity contribution in [2.75, 3.05) is 19.5 Å². The van der Waals surface area contributed by atoms with Gasteiger partial charge in [0.2, 0.25) is 0 Å². The van der Waals surface area contributed by atoms with E-state index in [1.54, 1.807) is 60.7 Å². The number of hydrogen-bond acceptors (Lipinski definition) is 7. The monoisotopic (exact) mass is 459 g/mol. The van der Waals surface area contributed by atoms with Gasteiger partial charge in [-0.15, -0.1) is 0 Å². The minimum atomic E-state index is -1.09. The topological polar surface area (TPSA) is 107 Å². The zero-order valence-electron chi connectivity index (χ0n) is 18.4. The van der Waals surface area contributed by atoms with Crippen LogP contribution in [-0.2, 0) is 4.79 Å². The summed E-state index contributed by atoms with van der Waals surface area (Å²) in [4.78, 5) is 26.5. The Morgan fingerprint density at radius 1 is 1.00 bits per heavy atom. The quantitative estimate of drug-likeness (QED) is 0.434. The number of phenolic OH excluding ortho intramolecular Hbond substituents is 1. The van der Waals surface area contributed by atoms with Crippen LogP contribution in [0.15, 0.2) is 75.9 Å². The summed E-state index contributed by atoms with van der Waals surface area (Å²) in [6.45, 7) is 0. The van der Waals surface area contributed by atoms with Gasteiger partial charge >= 0.3 is 5.63 Å². The lowest BCUT2D eigenvalue weighted by Crippen LogP contribution is -2.35. The van der Waals surface area contributed by atoms with Crippen LogP contribution in [0.2, 0.25) is 0 Å². The van der Waals surface area contributed by atoms with Crippen molar-refractivity contribution >= 4 is 22.6 Å². The highest BCUT2D eigenvalue weighted by atomic mass is 16.5. The predicted octanol–water partition coefficient (Wildman–Crippen LogP) is 4.05. The fourth-order valence-corrected chi connectivity index (χ4v) is 4.24. The first-order valence-corrected chi connectivity index (χ1v) is 10.5. The Kier molecular flexibility index (Phi) is 5.33. The lowest BCUT2D eigenvalue weighted by Gasteiger charge is -2.19. The fraction of sp³-hybridized carbons (Fsp3) is 0.154. The summed E-state index contributed by atoms with van der Waals surface area (Å²) < 4.78 is 22.0. The smallest absolute Gasteiger partial charge is 0.344 e. The Bertz CT molecular complexity index is 1460. The molecule has 0 unspecified atom stereocenters. The van der Waals surface area contributed by atoms with Gasteiger partial charge in [0.05, 0.1) is 31.1 Å². The molecule has 1 amide bonds. The van der Waals surface area contributed by atoms with Crippen LogP contribution in [-0.4, -0.2) is 31.3 Å². The first-order chi connectivity index (χ1) is 16.5. The molecule has 8 heteroatoms. The molecule has 2 N–H and O–H groups in total. The van der Waals surface area contributed by atoms with Gasteiger partial charge in [-0.05, 0) is 42.0 Å². The van der Waals surface area contributed by atoms with Crippen LogP contribution in [0, 0.1) is 0 Å². The molecule has 3 aromatic carbocycles. The third-order valence-corrected chi connectivity index (χ3v) is 5.82. The highest BCUT2D eigenvalue weighted by Crippen LogP contribution is 2.45. The van der Waals surface area contributed by atoms with Gasteiger partial charge in [0.25, 0.3) is 5.91 Å². The highest BCUT2D eigenvalue weighted by molar-refractivity contribution is 5.97. The molecule has 0 aliphatic carbocycles. The molecule has 5 rings (SSSR count). The van der Waals surface area contributed by atoms with Crippen LogP contribution in [0.1, 0.15) is 17.0 Å². The summed E-state index contributed by atoms with van der Waals surface area (Å²) in [6, 6.07) is 18.6. The van der Waals surface area contributed by atoms with E-state index in [0.717, 1.165) is 0 Å².